The zero-order chi connectivity index (χ0) is 46.8. The van der Waals surface area contributed by atoms with Gasteiger partial charge in [0, 0.05) is 65.0 Å². The lowest BCUT2D eigenvalue weighted by Crippen LogP contribution is -2.39. The first-order chi connectivity index (χ1) is 29.9. The Labute approximate surface area is 382 Å². The van der Waals surface area contributed by atoms with Crippen molar-refractivity contribution in [2.45, 2.75) is 130 Å². The molecule has 1 heterocycles. The van der Waals surface area contributed by atoms with E-state index in [9.17, 15) is 19.8 Å². The maximum absolute atomic E-state index is 13.5. The second-order valence-electron chi connectivity index (χ2n) is 22.0. The number of aromatic hydroxyl groups is 2. The average Bonchev–Trinajstić information content (AvgIpc) is 3.18. The van der Waals surface area contributed by atoms with Crippen LogP contribution in [0.25, 0.3) is 0 Å². The van der Waals surface area contributed by atoms with Crippen LogP contribution in [-0.4, -0.2) is 74.5 Å². The van der Waals surface area contributed by atoms with Crippen molar-refractivity contribution in [2.75, 3.05) is 52.5 Å². The van der Waals surface area contributed by atoms with Gasteiger partial charge in [0.2, 0.25) is 0 Å². The lowest BCUT2D eigenvalue weighted by atomic mass is 9.79. The molecule has 0 fully saturated rings. The fourth-order valence-electron chi connectivity index (χ4n) is 8.40. The fraction of sp³-hybridized carbons (Fsp3) is 0.519. The smallest absolute Gasteiger partial charge is 0.257 e. The summed E-state index contributed by atoms with van der Waals surface area (Å²) in [7, 11) is 0. The number of nitrogens with one attached hydrogen (secondary N) is 4. The Morgan fingerprint density at radius 2 is 0.625 bits per heavy atom. The third-order valence-electron chi connectivity index (χ3n) is 12.4. The van der Waals surface area contributed by atoms with E-state index in [1.807, 2.05) is 0 Å². The van der Waals surface area contributed by atoms with Crippen molar-refractivity contribution < 1.29 is 29.3 Å². The Morgan fingerprint density at radius 3 is 0.875 bits per heavy atom. The van der Waals surface area contributed by atoms with Crippen LogP contribution in [0, 0.1) is 0 Å². The van der Waals surface area contributed by atoms with Gasteiger partial charge >= 0.3 is 0 Å². The van der Waals surface area contributed by atoms with Gasteiger partial charge in [0.15, 0.2) is 13.2 Å². The Balaban J connectivity index is 1.70. The molecule has 4 aromatic carbocycles. The predicted octanol–water partition coefficient (Wildman–Crippen LogP) is 8.15. The van der Waals surface area contributed by atoms with E-state index in [2.05, 4.69) is 153 Å². The molecule has 0 radical (unpaired) electrons. The monoisotopic (exact) mass is 875 g/mol. The molecule has 10 heteroatoms. The van der Waals surface area contributed by atoms with Crippen LogP contribution < -0.4 is 30.7 Å². The molecule has 64 heavy (non-hydrogen) atoms. The van der Waals surface area contributed by atoms with Gasteiger partial charge in [-0.05, 0) is 88.4 Å². The summed E-state index contributed by atoms with van der Waals surface area (Å²) >= 11 is 0. The normalized spacial score (nSPS) is 16.6. The van der Waals surface area contributed by atoms with Gasteiger partial charge in [-0.1, -0.05) is 132 Å². The maximum Gasteiger partial charge on any atom is 0.257 e. The van der Waals surface area contributed by atoms with Crippen LogP contribution in [0.15, 0.2) is 48.5 Å². The number of benzene rings is 4. The summed E-state index contributed by atoms with van der Waals surface area (Å²) in [5.74, 6) is 1.02. The van der Waals surface area contributed by atoms with Gasteiger partial charge in [-0.15, -0.1) is 0 Å². The number of phenols is 2. The molecule has 0 unspecified atom stereocenters. The second-order valence-corrected chi connectivity index (χ2v) is 22.0. The van der Waals surface area contributed by atoms with Crippen molar-refractivity contribution in [3.63, 3.8) is 0 Å². The van der Waals surface area contributed by atoms with Crippen LogP contribution in [0.3, 0.4) is 0 Å². The first-order valence-corrected chi connectivity index (χ1v) is 23.1. The lowest BCUT2D eigenvalue weighted by molar-refractivity contribution is -0.123. The molecule has 2 amide bonds. The zero-order valence-electron chi connectivity index (χ0n) is 40.6. The van der Waals surface area contributed by atoms with Gasteiger partial charge < -0.3 is 41.0 Å². The summed E-state index contributed by atoms with van der Waals surface area (Å²) in [5.41, 5.74) is 9.54. The van der Waals surface area contributed by atoms with Crippen molar-refractivity contribution >= 4 is 11.8 Å². The maximum atomic E-state index is 13.5. The number of carbonyl (C=O) groups is 2. The number of ether oxygens (including phenoxy) is 2. The highest BCUT2D eigenvalue weighted by Gasteiger charge is 2.29. The minimum atomic E-state index is -0.264. The van der Waals surface area contributed by atoms with Crippen LogP contribution >= 0.6 is 0 Å². The zero-order valence-corrected chi connectivity index (χ0v) is 40.6. The number of hydrogen-bond donors (Lipinski definition) is 6. The number of fused-ring (bicyclic) bond motifs is 2. The molecule has 6 rings (SSSR count). The summed E-state index contributed by atoms with van der Waals surface area (Å²) in [6.07, 6.45) is 1.30. The number of rotatable bonds is 0. The SMILES string of the molecule is CC(C)(C)c1cc2c(O)c(c1)Cc1cc(C(C)(C)C)cc3c1OCC(=O)NCCNCCNCCNC(=O)COc1c(cc(C(C)(C)C)cc1Cc1cc(C(C)(C)C)cc(c1O)C3)C2. The summed E-state index contributed by atoms with van der Waals surface area (Å²) in [4.78, 5) is 26.9. The summed E-state index contributed by atoms with van der Waals surface area (Å²) in [5, 5.41) is 37.8. The van der Waals surface area contributed by atoms with Crippen molar-refractivity contribution in [1.29, 1.82) is 0 Å². The van der Waals surface area contributed by atoms with Crippen molar-refractivity contribution in [3.8, 4) is 23.0 Å². The molecule has 0 saturated heterocycles. The van der Waals surface area contributed by atoms with E-state index in [-0.39, 0.29) is 58.2 Å². The Morgan fingerprint density at radius 1 is 0.391 bits per heavy atom. The summed E-state index contributed by atoms with van der Waals surface area (Å²) < 4.78 is 13.3. The van der Waals surface area contributed by atoms with E-state index >= 15 is 0 Å². The molecule has 0 saturated carbocycles. The fourth-order valence-corrected chi connectivity index (χ4v) is 8.40. The van der Waals surface area contributed by atoms with Crippen LogP contribution in [0.1, 0.15) is 150 Å². The van der Waals surface area contributed by atoms with Crippen molar-refractivity contribution in [3.05, 3.63) is 115 Å². The number of amides is 2. The molecule has 0 atom stereocenters. The van der Waals surface area contributed by atoms with Gasteiger partial charge in [-0.2, -0.15) is 0 Å². The average molecular weight is 875 g/mol. The van der Waals surface area contributed by atoms with Crippen LogP contribution in [0.2, 0.25) is 0 Å². The first-order valence-electron chi connectivity index (χ1n) is 23.1. The number of phenolic OH excluding ortho intramolecular Hbond substituents is 2. The molecule has 1 aliphatic heterocycles. The predicted molar refractivity (Wildman–Crippen MR) is 258 cm³/mol. The Hall–Kier alpha value is -5.06. The van der Waals surface area contributed by atoms with E-state index in [0.717, 1.165) is 66.8 Å². The topological polar surface area (TPSA) is 141 Å². The van der Waals surface area contributed by atoms with Crippen molar-refractivity contribution in [1.82, 2.24) is 21.3 Å². The van der Waals surface area contributed by atoms with E-state index in [1.165, 1.54) is 0 Å². The third-order valence-corrected chi connectivity index (χ3v) is 12.4. The van der Waals surface area contributed by atoms with Gasteiger partial charge in [0.1, 0.15) is 23.0 Å². The molecule has 2 aliphatic rings. The summed E-state index contributed by atoms with van der Waals surface area (Å²) in [6.45, 7) is 29.1. The second kappa shape index (κ2) is 19.2. The molecule has 10 bridgehead atoms. The largest absolute Gasteiger partial charge is 0.507 e. The molecule has 6 N–H and O–H groups in total. The van der Waals surface area contributed by atoms with E-state index in [4.69, 9.17) is 9.47 Å². The van der Waals surface area contributed by atoms with Crippen LogP contribution in [0.5, 0.6) is 23.0 Å². The molecule has 10 nitrogen and oxygen atoms in total. The molecular formula is C54H74N4O6. The van der Waals surface area contributed by atoms with Gasteiger partial charge in [-0.25, -0.2) is 0 Å². The summed E-state index contributed by atoms with van der Waals surface area (Å²) in [6, 6.07) is 17.0. The molecular weight excluding hydrogens is 801 g/mol. The lowest BCUT2D eigenvalue weighted by Gasteiger charge is -2.28. The third kappa shape index (κ3) is 12.0. The first kappa shape index (κ1) is 48.4. The van der Waals surface area contributed by atoms with E-state index in [1.54, 1.807) is 0 Å². The highest BCUT2D eigenvalue weighted by Crippen LogP contribution is 2.43. The molecule has 0 aromatic heterocycles. The van der Waals surface area contributed by atoms with Gasteiger partial charge in [-0.3, -0.25) is 9.59 Å². The van der Waals surface area contributed by atoms with Gasteiger partial charge in [0.05, 0.1) is 0 Å². The molecule has 4 aromatic rings. The number of carbonyl (C=O) groups excluding carboxylic acids is 2. The molecule has 346 valence electrons. The van der Waals surface area contributed by atoms with Crippen LogP contribution in [-0.2, 0) is 56.9 Å². The highest BCUT2D eigenvalue weighted by atomic mass is 16.5. The minimum absolute atomic E-state index is 0.182. The molecule has 1 aliphatic carbocycles. The van der Waals surface area contributed by atoms with Gasteiger partial charge in [0.25, 0.3) is 11.8 Å². The van der Waals surface area contributed by atoms with Crippen molar-refractivity contribution in [2.24, 2.45) is 0 Å². The standard InChI is InChI=1S/C54H74N4O6/c1-51(2,3)41-23-33-19-37-27-43(53(7,8)9)29-39-21-35-25-42(52(4,5)6)26-36(48(35)62)22-40-30-44(54(10,11)12)28-38(20-34(24-41)47(33)61)50(40)64-32-46(60)58-18-16-56-14-13-55-15-17-57-45(59)31-63-49(37)39/h23-30,55-56,61-62H,13-22,31-32H2,1-12H3,(H,57,59)(H,58,60). The van der Waals surface area contributed by atoms with E-state index in [0.29, 0.717) is 76.5 Å². The minimum Gasteiger partial charge on any atom is -0.507 e. The quantitative estimate of drug-likeness (QED) is 0.0917. The number of hydrogen-bond acceptors (Lipinski definition) is 8. The highest BCUT2D eigenvalue weighted by molar-refractivity contribution is 5.78. The van der Waals surface area contributed by atoms with Crippen LogP contribution in [0.4, 0.5) is 0 Å². The van der Waals surface area contributed by atoms with E-state index < -0.39 is 0 Å². The Kier molecular flexibility index (Phi) is 14.5. The Bertz CT molecular complexity index is 2090. The molecule has 0 spiro atoms.